The van der Waals surface area contributed by atoms with Gasteiger partial charge in [0, 0.05) is 11.0 Å². The monoisotopic (exact) mass is 206 g/mol. The normalized spacial score (nSPS) is 9.87. The Morgan fingerprint density at radius 1 is 1.60 bits per heavy atom. The number of hydrogen-bond donors (Lipinski definition) is 0. The van der Waals surface area contributed by atoms with Crippen LogP contribution in [-0.4, -0.2) is 25.0 Å². The molecule has 0 unspecified atom stereocenters. The Hall–Kier alpha value is -2.74. The summed E-state index contributed by atoms with van der Waals surface area (Å²) in [6, 6.07) is 2.44. The molecule has 0 saturated heterocycles. The second-order valence-electron chi connectivity index (χ2n) is 2.44. The Bertz CT molecular complexity index is 546. The lowest BCUT2D eigenvalue weighted by Crippen LogP contribution is -1.95. The van der Waals surface area contributed by atoms with Gasteiger partial charge in [-0.25, -0.2) is 0 Å². The van der Waals surface area contributed by atoms with Crippen LogP contribution < -0.4 is 0 Å². The van der Waals surface area contributed by atoms with Gasteiger partial charge >= 0.3 is 5.69 Å². The Morgan fingerprint density at radius 2 is 2.40 bits per heavy atom. The van der Waals surface area contributed by atoms with E-state index in [1.165, 1.54) is 12.1 Å². The van der Waals surface area contributed by atoms with Crippen LogP contribution in [0.4, 0.5) is 11.5 Å². The summed E-state index contributed by atoms with van der Waals surface area (Å²) < 4.78 is 0.998. The molecular weight excluding hydrogens is 204 g/mol. The number of rotatable bonds is 2. The fourth-order valence-electron chi connectivity index (χ4n) is 1.06. The molecule has 74 valence electrons. The summed E-state index contributed by atoms with van der Waals surface area (Å²) in [7, 11) is 0. The van der Waals surface area contributed by atoms with Crippen molar-refractivity contribution in [2.75, 3.05) is 0 Å². The van der Waals surface area contributed by atoms with Gasteiger partial charge in [0.15, 0.2) is 0 Å². The van der Waals surface area contributed by atoms with Crippen LogP contribution in [0.5, 0.6) is 0 Å². The van der Waals surface area contributed by atoms with E-state index in [2.05, 4.69) is 25.6 Å². The molecule has 0 aromatic carbocycles. The first-order valence-corrected chi connectivity index (χ1v) is 3.64. The van der Waals surface area contributed by atoms with E-state index in [-0.39, 0.29) is 17.2 Å². The molecule has 0 bridgehead atoms. The highest BCUT2D eigenvalue weighted by molar-refractivity contribution is 5.61. The molecule has 2 aromatic heterocycles. The molecule has 2 rings (SSSR count). The molecule has 0 atom stereocenters. The number of hydrogen-bond acceptors (Lipinski definition) is 6. The van der Waals surface area contributed by atoms with E-state index in [9.17, 15) is 10.1 Å². The highest BCUT2D eigenvalue weighted by atomic mass is 16.6. The molecule has 10 nitrogen and oxygen atoms in total. The molecule has 0 radical (unpaired) electrons. The molecule has 0 amide bonds. The summed E-state index contributed by atoms with van der Waals surface area (Å²) in [5, 5.41) is 24.0. The van der Waals surface area contributed by atoms with Crippen molar-refractivity contribution in [1.29, 1.82) is 0 Å². The minimum absolute atomic E-state index is 0.0649. The zero-order valence-corrected chi connectivity index (χ0v) is 7.05. The minimum Gasteiger partial charge on any atom is -0.258 e. The first-order chi connectivity index (χ1) is 7.24. The van der Waals surface area contributed by atoms with Gasteiger partial charge in [-0.2, -0.15) is 4.52 Å². The van der Waals surface area contributed by atoms with Crippen LogP contribution in [0.3, 0.4) is 0 Å². The van der Waals surface area contributed by atoms with Crippen molar-refractivity contribution >= 4 is 17.2 Å². The van der Waals surface area contributed by atoms with Gasteiger partial charge in [0.1, 0.15) is 5.82 Å². The number of nitro groups is 1. The highest BCUT2D eigenvalue weighted by Crippen LogP contribution is 2.22. The number of fused-ring (bicyclic) bond motifs is 1. The summed E-state index contributed by atoms with van der Waals surface area (Å²) in [6.45, 7) is 0. The van der Waals surface area contributed by atoms with Gasteiger partial charge in [0.25, 0.3) is 5.65 Å². The Labute approximate surface area is 80.9 Å². The van der Waals surface area contributed by atoms with Crippen LogP contribution in [0, 0.1) is 10.1 Å². The lowest BCUT2D eigenvalue weighted by Gasteiger charge is -1.95. The molecule has 0 aliphatic heterocycles. The zero-order chi connectivity index (χ0) is 10.8. The van der Waals surface area contributed by atoms with Crippen LogP contribution in [0.1, 0.15) is 0 Å². The summed E-state index contributed by atoms with van der Waals surface area (Å²) >= 11 is 0. The average molecular weight is 206 g/mol. The van der Waals surface area contributed by atoms with E-state index in [4.69, 9.17) is 5.53 Å². The third-order valence-electron chi connectivity index (χ3n) is 1.65. The smallest absolute Gasteiger partial charge is 0.258 e. The molecule has 15 heavy (non-hydrogen) atoms. The van der Waals surface area contributed by atoms with E-state index in [0.29, 0.717) is 0 Å². The van der Waals surface area contributed by atoms with Crippen molar-refractivity contribution in [3.63, 3.8) is 0 Å². The van der Waals surface area contributed by atoms with Gasteiger partial charge in [0.2, 0.25) is 0 Å². The number of tetrazole rings is 1. The van der Waals surface area contributed by atoms with E-state index in [1.807, 2.05) is 0 Å². The summed E-state index contributed by atoms with van der Waals surface area (Å²) in [5.74, 6) is 0.0862. The Balaban J connectivity index is 2.81. The maximum absolute atomic E-state index is 10.6. The van der Waals surface area contributed by atoms with Crippen molar-refractivity contribution in [3.05, 3.63) is 32.7 Å². The topological polar surface area (TPSA) is 135 Å². The van der Waals surface area contributed by atoms with E-state index in [0.717, 1.165) is 4.52 Å². The number of pyridine rings is 1. The fraction of sp³-hybridized carbons (Fsp3) is 0. The maximum atomic E-state index is 10.6. The quantitative estimate of drug-likeness (QED) is 0.237. The maximum Gasteiger partial charge on any atom is 0.315 e. The van der Waals surface area contributed by atoms with Crippen molar-refractivity contribution in [2.24, 2.45) is 5.11 Å². The Morgan fingerprint density at radius 3 is 3.07 bits per heavy atom. The lowest BCUT2D eigenvalue weighted by atomic mass is 10.4. The molecule has 0 spiro atoms. The minimum atomic E-state index is -0.619. The molecule has 0 aliphatic carbocycles. The highest BCUT2D eigenvalue weighted by Gasteiger charge is 2.16. The van der Waals surface area contributed by atoms with Crippen LogP contribution in [0.25, 0.3) is 16.1 Å². The van der Waals surface area contributed by atoms with Gasteiger partial charge in [-0.05, 0) is 27.1 Å². The first-order valence-electron chi connectivity index (χ1n) is 3.64. The van der Waals surface area contributed by atoms with Crippen LogP contribution in [-0.2, 0) is 0 Å². The van der Waals surface area contributed by atoms with Crippen LogP contribution in [0.2, 0.25) is 0 Å². The third kappa shape index (κ3) is 1.30. The molecule has 2 heterocycles. The number of azide groups is 1. The zero-order valence-electron chi connectivity index (χ0n) is 7.05. The Kier molecular flexibility index (Phi) is 1.88. The predicted molar refractivity (Wildman–Crippen MR) is 46.2 cm³/mol. The lowest BCUT2D eigenvalue weighted by molar-refractivity contribution is -0.383. The van der Waals surface area contributed by atoms with E-state index >= 15 is 0 Å². The number of nitrogens with zero attached hydrogens (tertiary/aromatic N) is 8. The van der Waals surface area contributed by atoms with Crippen molar-refractivity contribution in [3.8, 4) is 0 Å². The van der Waals surface area contributed by atoms with E-state index < -0.39 is 4.92 Å². The van der Waals surface area contributed by atoms with E-state index in [1.54, 1.807) is 0 Å². The predicted octanol–water partition coefficient (Wildman–Crippen LogP) is 0.974. The van der Waals surface area contributed by atoms with Crippen LogP contribution >= 0.6 is 0 Å². The fourth-order valence-corrected chi connectivity index (χ4v) is 1.06. The summed E-state index contributed by atoms with van der Waals surface area (Å²) in [4.78, 5) is 12.5. The van der Waals surface area contributed by atoms with Gasteiger partial charge in [0.05, 0.1) is 4.92 Å². The van der Waals surface area contributed by atoms with Gasteiger partial charge in [-0.1, -0.05) is 0 Å². The molecule has 0 N–H and O–H groups in total. The average Bonchev–Trinajstić information content (AvgIpc) is 2.66. The van der Waals surface area contributed by atoms with Crippen molar-refractivity contribution in [1.82, 2.24) is 20.0 Å². The van der Waals surface area contributed by atoms with Crippen molar-refractivity contribution in [2.45, 2.75) is 0 Å². The third-order valence-corrected chi connectivity index (χ3v) is 1.65. The second-order valence-corrected chi connectivity index (χ2v) is 2.44. The van der Waals surface area contributed by atoms with Crippen LogP contribution in [0.15, 0.2) is 17.2 Å². The van der Waals surface area contributed by atoms with Crippen molar-refractivity contribution < 1.29 is 4.92 Å². The molecule has 0 fully saturated rings. The molecular formula is C5H2N8O2. The van der Waals surface area contributed by atoms with Gasteiger partial charge in [-0.3, -0.25) is 10.1 Å². The standard InChI is InChI=1S/C5H2N8O2/c6-9-7-4-2-1-3(13(14)15)5-8-10-11-12(4)5/h1-2H. The largest absolute Gasteiger partial charge is 0.315 e. The molecule has 0 aliphatic rings. The summed E-state index contributed by atoms with van der Waals surface area (Å²) in [6.07, 6.45) is 0. The molecule has 2 aromatic rings. The first kappa shape index (κ1) is 8.84. The van der Waals surface area contributed by atoms with Gasteiger partial charge in [-0.15, -0.1) is 5.10 Å². The SMILES string of the molecule is [N-]=[N+]=Nc1ccc([N+](=O)[O-])c2nnnn12. The molecule has 0 saturated carbocycles. The number of aromatic nitrogens is 4. The molecule has 10 heteroatoms. The second kappa shape index (κ2) is 3.20. The van der Waals surface area contributed by atoms with Gasteiger partial charge < -0.3 is 0 Å². The summed E-state index contributed by atoms with van der Waals surface area (Å²) in [5.41, 5.74) is 7.92.